The second-order valence-electron chi connectivity index (χ2n) is 6.64. The van der Waals surface area contributed by atoms with Crippen molar-refractivity contribution in [3.05, 3.63) is 86.8 Å². The largest absolute Gasteiger partial charge is 0.494 e. The predicted octanol–water partition coefficient (Wildman–Crippen LogP) is 3.70. The summed E-state index contributed by atoms with van der Waals surface area (Å²) >= 11 is 6.23. The zero-order chi connectivity index (χ0) is 20.8. The fraction of sp³-hybridized carbons (Fsp3) is 0.227. The SMILES string of the molecule is Cc1cccc(OCCCNC(=O)c2nn(-c3ccccc3Cl)c(C)cc2=O)c1. The van der Waals surface area contributed by atoms with Crippen molar-refractivity contribution in [1.82, 2.24) is 15.1 Å². The molecule has 0 aliphatic carbocycles. The van der Waals surface area contributed by atoms with Gasteiger partial charge < -0.3 is 10.1 Å². The van der Waals surface area contributed by atoms with Gasteiger partial charge in [0.25, 0.3) is 5.91 Å². The van der Waals surface area contributed by atoms with Crippen LogP contribution < -0.4 is 15.5 Å². The first-order valence-electron chi connectivity index (χ1n) is 9.29. The van der Waals surface area contributed by atoms with Crippen molar-refractivity contribution in [2.45, 2.75) is 20.3 Å². The fourth-order valence-corrected chi connectivity index (χ4v) is 3.04. The molecule has 0 saturated heterocycles. The van der Waals surface area contributed by atoms with Gasteiger partial charge >= 0.3 is 0 Å². The fourth-order valence-electron chi connectivity index (χ4n) is 2.82. The van der Waals surface area contributed by atoms with Crippen molar-refractivity contribution in [3.8, 4) is 11.4 Å². The Morgan fingerprint density at radius 3 is 2.69 bits per heavy atom. The molecule has 0 aliphatic heterocycles. The van der Waals surface area contributed by atoms with Crippen LogP contribution in [-0.4, -0.2) is 28.8 Å². The summed E-state index contributed by atoms with van der Waals surface area (Å²) in [6.07, 6.45) is 0.601. The average molecular weight is 412 g/mol. The minimum absolute atomic E-state index is 0.171. The number of halogens is 1. The summed E-state index contributed by atoms with van der Waals surface area (Å²) in [5.41, 5.74) is 1.71. The topological polar surface area (TPSA) is 73.2 Å². The molecule has 6 nitrogen and oxygen atoms in total. The molecule has 3 aromatic rings. The number of amides is 1. The molecule has 3 rings (SSSR count). The molecule has 2 aromatic carbocycles. The van der Waals surface area contributed by atoms with Crippen LogP contribution in [0, 0.1) is 13.8 Å². The highest BCUT2D eigenvalue weighted by molar-refractivity contribution is 6.32. The number of nitrogens with one attached hydrogen (secondary N) is 1. The monoisotopic (exact) mass is 411 g/mol. The number of nitrogens with zero attached hydrogens (tertiary/aromatic N) is 2. The number of para-hydroxylation sites is 1. The molecule has 1 aromatic heterocycles. The molecular formula is C22H22ClN3O3. The summed E-state index contributed by atoms with van der Waals surface area (Å²) in [5, 5.41) is 7.44. The standard InChI is InChI=1S/C22H22ClN3O3/c1-15-7-5-8-17(13-15)29-12-6-11-24-22(28)21-20(27)14-16(2)26(25-21)19-10-4-3-9-18(19)23/h3-5,7-10,13-14H,6,11-12H2,1-2H3,(H,24,28). The van der Waals surface area contributed by atoms with Crippen molar-refractivity contribution < 1.29 is 9.53 Å². The second kappa shape index (κ2) is 9.39. The Kier molecular flexibility index (Phi) is 6.67. The molecule has 0 bridgehead atoms. The third-order valence-electron chi connectivity index (χ3n) is 4.27. The van der Waals surface area contributed by atoms with E-state index >= 15 is 0 Å². The lowest BCUT2D eigenvalue weighted by molar-refractivity contribution is 0.0943. The molecule has 0 fully saturated rings. The molecule has 0 saturated carbocycles. The molecule has 29 heavy (non-hydrogen) atoms. The summed E-state index contributed by atoms with van der Waals surface area (Å²) in [5.74, 6) is 0.269. The Labute approximate surface area is 174 Å². The van der Waals surface area contributed by atoms with Gasteiger partial charge in [-0.2, -0.15) is 5.10 Å². The molecule has 0 radical (unpaired) electrons. The molecule has 0 atom stereocenters. The Hall–Kier alpha value is -3.12. The van der Waals surface area contributed by atoms with Gasteiger partial charge in [0.05, 0.1) is 17.3 Å². The lowest BCUT2D eigenvalue weighted by Crippen LogP contribution is -2.33. The van der Waals surface area contributed by atoms with Crippen LogP contribution in [0.15, 0.2) is 59.4 Å². The van der Waals surface area contributed by atoms with E-state index in [-0.39, 0.29) is 5.69 Å². The van der Waals surface area contributed by atoms with E-state index in [9.17, 15) is 9.59 Å². The van der Waals surface area contributed by atoms with Crippen LogP contribution in [0.2, 0.25) is 5.02 Å². The number of hydrogen-bond acceptors (Lipinski definition) is 4. The second-order valence-corrected chi connectivity index (χ2v) is 7.04. The lowest BCUT2D eigenvalue weighted by Gasteiger charge is -2.12. The van der Waals surface area contributed by atoms with Gasteiger partial charge in [-0.05, 0) is 50.1 Å². The van der Waals surface area contributed by atoms with Crippen LogP contribution in [0.1, 0.15) is 28.2 Å². The Bertz CT molecular complexity index is 1080. The van der Waals surface area contributed by atoms with Gasteiger partial charge in [-0.1, -0.05) is 35.9 Å². The maximum Gasteiger partial charge on any atom is 0.275 e. The smallest absolute Gasteiger partial charge is 0.275 e. The number of carbonyl (C=O) groups excluding carboxylic acids is 1. The highest BCUT2D eigenvalue weighted by atomic mass is 35.5. The third kappa shape index (κ3) is 5.23. The Balaban J connectivity index is 1.63. The van der Waals surface area contributed by atoms with Gasteiger partial charge in [0.1, 0.15) is 5.75 Å². The van der Waals surface area contributed by atoms with E-state index in [1.54, 1.807) is 25.1 Å². The predicted molar refractivity (Wildman–Crippen MR) is 113 cm³/mol. The molecular weight excluding hydrogens is 390 g/mol. The summed E-state index contributed by atoms with van der Waals surface area (Å²) in [7, 11) is 0. The van der Waals surface area contributed by atoms with Crippen molar-refractivity contribution in [2.75, 3.05) is 13.2 Å². The number of carbonyl (C=O) groups is 1. The van der Waals surface area contributed by atoms with Crippen molar-refractivity contribution in [2.24, 2.45) is 0 Å². The molecule has 1 N–H and O–H groups in total. The zero-order valence-corrected chi connectivity index (χ0v) is 17.1. The van der Waals surface area contributed by atoms with Gasteiger partial charge in [0.15, 0.2) is 5.69 Å². The normalized spacial score (nSPS) is 10.6. The molecule has 1 amide bonds. The molecule has 1 heterocycles. The van der Waals surface area contributed by atoms with Crippen molar-refractivity contribution in [3.63, 3.8) is 0 Å². The Morgan fingerprint density at radius 2 is 1.93 bits per heavy atom. The molecule has 0 aliphatic rings. The molecule has 7 heteroatoms. The first-order valence-corrected chi connectivity index (χ1v) is 9.67. The van der Waals surface area contributed by atoms with E-state index in [0.29, 0.717) is 36.0 Å². The van der Waals surface area contributed by atoms with E-state index < -0.39 is 11.3 Å². The number of ether oxygens (including phenoxy) is 1. The van der Waals surface area contributed by atoms with Crippen molar-refractivity contribution in [1.29, 1.82) is 0 Å². The van der Waals surface area contributed by atoms with E-state index in [4.69, 9.17) is 16.3 Å². The first-order chi connectivity index (χ1) is 14.0. The van der Waals surface area contributed by atoms with E-state index in [0.717, 1.165) is 11.3 Å². The number of rotatable bonds is 7. The molecule has 0 spiro atoms. The first kappa shape index (κ1) is 20.6. The van der Waals surface area contributed by atoms with Crippen LogP contribution in [0.4, 0.5) is 0 Å². The van der Waals surface area contributed by atoms with Crippen molar-refractivity contribution >= 4 is 17.5 Å². The lowest BCUT2D eigenvalue weighted by atomic mass is 10.2. The number of hydrogen-bond donors (Lipinski definition) is 1. The minimum Gasteiger partial charge on any atom is -0.494 e. The molecule has 150 valence electrons. The summed E-state index contributed by atoms with van der Waals surface area (Å²) < 4.78 is 7.16. The number of aryl methyl sites for hydroxylation is 2. The van der Waals surface area contributed by atoms with Crippen LogP contribution in [-0.2, 0) is 0 Å². The molecule has 0 unspecified atom stereocenters. The van der Waals surface area contributed by atoms with Crippen LogP contribution in [0.3, 0.4) is 0 Å². The van der Waals surface area contributed by atoms with Crippen LogP contribution in [0.25, 0.3) is 5.69 Å². The van der Waals surface area contributed by atoms with Gasteiger partial charge in [-0.15, -0.1) is 0 Å². The number of aromatic nitrogens is 2. The third-order valence-corrected chi connectivity index (χ3v) is 4.59. The maximum absolute atomic E-state index is 12.5. The van der Waals surface area contributed by atoms with E-state index in [1.165, 1.54) is 10.7 Å². The van der Waals surface area contributed by atoms with Gasteiger partial charge in [0, 0.05) is 18.3 Å². The maximum atomic E-state index is 12.5. The number of benzene rings is 2. The minimum atomic E-state index is -0.522. The highest BCUT2D eigenvalue weighted by Gasteiger charge is 2.15. The zero-order valence-electron chi connectivity index (χ0n) is 16.3. The van der Waals surface area contributed by atoms with Gasteiger partial charge in [-0.3, -0.25) is 9.59 Å². The van der Waals surface area contributed by atoms with E-state index in [1.807, 2.05) is 37.3 Å². The van der Waals surface area contributed by atoms with Gasteiger partial charge in [0.2, 0.25) is 5.43 Å². The highest BCUT2D eigenvalue weighted by Crippen LogP contribution is 2.19. The Morgan fingerprint density at radius 1 is 1.14 bits per heavy atom. The summed E-state index contributed by atoms with van der Waals surface area (Å²) in [6.45, 7) is 4.56. The van der Waals surface area contributed by atoms with Crippen LogP contribution in [0.5, 0.6) is 5.75 Å². The average Bonchev–Trinajstić information content (AvgIpc) is 2.68. The summed E-state index contributed by atoms with van der Waals surface area (Å²) in [4.78, 5) is 24.7. The summed E-state index contributed by atoms with van der Waals surface area (Å²) in [6, 6.07) is 16.3. The van der Waals surface area contributed by atoms with Crippen LogP contribution >= 0.6 is 11.6 Å². The quantitative estimate of drug-likeness (QED) is 0.601. The van der Waals surface area contributed by atoms with E-state index in [2.05, 4.69) is 10.4 Å². The van der Waals surface area contributed by atoms with Gasteiger partial charge in [-0.25, -0.2) is 4.68 Å².